The van der Waals surface area contributed by atoms with E-state index in [0.717, 1.165) is 51.3 Å². The lowest BCUT2D eigenvalue weighted by Gasteiger charge is -2.34. The Kier molecular flexibility index (Phi) is 4.81. The molecular formula is C19H25N5O. The Balaban J connectivity index is 1.24. The van der Waals surface area contributed by atoms with E-state index in [9.17, 15) is 4.79 Å². The lowest BCUT2D eigenvalue weighted by Crippen LogP contribution is -2.49. The van der Waals surface area contributed by atoms with Crippen LogP contribution in [-0.2, 0) is 11.3 Å². The lowest BCUT2D eigenvalue weighted by molar-refractivity contribution is -0.122. The zero-order chi connectivity index (χ0) is 17.1. The van der Waals surface area contributed by atoms with E-state index >= 15 is 0 Å². The van der Waals surface area contributed by atoms with Crippen molar-refractivity contribution in [3.05, 3.63) is 48.3 Å². The first kappa shape index (κ1) is 16.3. The van der Waals surface area contributed by atoms with Crippen molar-refractivity contribution in [2.45, 2.75) is 25.4 Å². The third-order valence-electron chi connectivity index (χ3n) is 4.84. The van der Waals surface area contributed by atoms with Gasteiger partial charge in [0.05, 0.1) is 18.4 Å². The fraction of sp³-hybridized carbons (Fsp3) is 0.474. The number of benzene rings is 1. The van der Waals surface area contributed by atoms with Crippen molar-refractivity contribution in [1.29, 1.82) is 0 Å². The monoisotopic (exact) mass is 339 g/mol. The van der Waals surface area contributed by atoms with Crippen LogP contribution in [0.5, 0.6) is 0 Å². The van der Waals surface area contributed by atoms with Gasteiger partial charge in [-0.2, -0.15) is 5.10 Å². The molecule has 1 aromatic heterocycles. The molecule has 2 heterocycles. The van der Waals surface area contributed by atoms with Gasteiger partial charge in [0, 0.05) is 50.5 Å². The Morgan fingerprint density at radius 3 is 2.52 bits per heavy atom. The zero-order valence-corrected chi connectivity index (χ0v) is 14.5. The summed E-state index contributed by atoms with van der Waals surface area (Å²) in [5.74, 6) is 0.181. The summed E-state index contributed by atoms with van der Waals surface area (Å²) in [4.78, 5) is 16.6. The number of carbonyl (C=O) groups is 1. The van der Waals surface area contributed by atoms with Crippen molar-refractivity contribution in [3.8, 4) is 5.69 Å². The van der Waals surface area contributed by atoms with Crippen LogP contribution in [0.4, 0.5) is 0 Å². The normalized spacial score (nSPS) is 19.0. The molecule has 0 bridgehead atoms. The van der Waals surface area contributed by atoms with Crippen molar-refractivity contribution < 1.29 is 4.79 Å². The minimum Gasteiger partial charge on any atom is -0.352 e. The number of aromatic nitrogens is 2. The van der Waals surface area contributed by atoms with E-state index in [1.54, 1.807) is 0 Å². The van der Waals surface area contributed by atoms with Gasteiger partial charge in [0.25, 0.3) is 0 Å². The zero-order valence-electron chi connectivity index (χ0n) is 14.5. The summed E-state index contributed by atoms with van der Waals surface area (Å²) in [7, 11) is 0. The Labute approximate surface area is 148 Å². The van der Waals surface area contributed by atoms with Crippen LogP contribution in [-0.4, -0.2) is 64.3 Å². The molecule has 6 heteroatoms. The molecule has 6 nitrogen and oxygen atoms in total. The number of para-hydroxylation sites is 1. The molecule has 132 valence electrons. The molecule has 0 spiro atoms. The van der Waals surface area contributed by atoms with Crippen molar-refractivity contribution in [3.63, 3.8) is 0 Å². The van der Waals surface area contributed by atoms with Gasteiger partial charge in [0.15, 0.2) is 0 Å². The maximum Gasteiger partial charge on any atom is 0.234 e. The first-order valence-electron chi connectivity index (χ1n) is 9.09. The molecule has 1 saturated carbocycles. The largest absolute Gasteiger partial charge is 0.352 e. The summed E-state index contributed by atoms with van der Waals surface area (Å²) < 4.78 is 1.92. The number of rotatable bonds is 6. The van der Waals surface area contributed by atoms with Gasteiger partial charge in [-0.3, -0.25) is 14.6 Å². The predicted molar refractivity (Wildman–Crippen MR) is 96.4 cm³/mol. The highest BCUT2D eigenvalue weighted by molar-refractivity contribution is 5.78. The van der Waals surface area contributed by atoms with Crippen LogP contribution in [0.2, 0.25) is 0 Å². The maximum absolute atomic E-state index is 11.9. The highest BCUT2D eigenvalue weighted by Crippen LogP contribution is 2.18. The van der Waals surface area contributed by atoms with Gasteiger partial charge < -0.3 is 5.32 Å². The molecule has 2 aliphatic rings. The molecule has 0 unspecified atom stereocenters. The van der Waals surface area contributed by atoms with Crippen molar-refractivity contribution >= 4 is 5.91 Å². The highest BCUT2D eigenvalue weighted by atomic mass is 16.2. The lowest BCUT2D eigenvalue weighted by atomic mass is 10.2. The van der Waals surface area contributed by atoms with Crippen LogP contribution in [0.25, 0.3) is 5.69 Å². The molecule has 1 aliphatic carbocycles. The molecule has 2 fully saturated rings. The average Bonchev–Trinajstić information content (AvgIpc) is 3.32. The summed E-state index contributed by atoms with van der Waals surface area (Å²) >= 11 is 0. The maximum atomic E-state index is 11.9. The van der Waals surface area contributed by atoms with Crippen molar-refractivity contribution in [1.82, 2.24) is 24.9 Å². The number of carbonyl (C=O) groups excluding carboxylic acids is 1. The Morgan fingerprint density at radius 1 is 1.08 bits per heavy atom. The van der Waals surface area contributed by atoms with Gasteiger partial charge in [-0.25, -0.2) is 4.68 Å². The van der Waals surface area contributed by atoms with Crippen LogP contribution < -0.4 is 5.32 Å². The average molecular weight is 339 g/mol. The van der Waals surface area contributed by atoms with Crippen LogP contribution in [0.15, 0.2) is 42.7 Å². The molecule has 2 aromatic rings. The van der Waals surface area contributed by atoms with E-state index in [1.165, 1.54) is 5.56 Å². The molecule has 1 aromatic carbocycles. The molecule has 1 saturated heterocycles. The fourth-order valence-electron chi connectivity index (χ4n) is 3.23. The minimum absolute atomic E-state index is 0.181. The third kappa shape index (κ3) is 4.46. The topological polar surface area (TPSA) is 53.4 Å². The summed E-state index contributed by atoms with van der Waals surface area (Å²) in [5.41, 5.74) is 2.31. The Hall–Kier alpha value is -2.18. The second-order valence-corrected chi connectivity index (χ2v) is 7.02. The van der Waals surface area contributed by atoms with E-state index in [4.69, 9.17) is 0 Å². The predicted octanol–water partition coefficient (Wildman–Crippen LogP) is 1.27. The summed E-state index contributed by atoms with van der Waals surface area (Å²) in [6.45, 7) is 5.33. The number of hydrogen-bond donors (Lipinski definition) is 1. The van der Waals surface area contributed by atoms with Crippen molar-refractivity contribution in [2.75, 3.05) is 32.7 Å². The first-order valence-corrected chi connectivity index (χ1v) is 9.09. The third-order valence-corrected chi connectivity index (χ3v) is 4.84. The number of nitrogens with one attached hydrogen (secondary N) is 1. The SMILES string of the molecule is O=C(CN1CCN(Cc2cnn(-c3ccccc3)c2)CC1)NC1CC1. The smallest absolute Gasteiger partial charge is 0.234 e. The highest BCUT2D eigenvalue weighted by Gasteiger charge is 2.25. The second-order valence-electron chi connectivity index (χ2n) is 7.02. The van der Waals surface area contributed by atoms with E-state index in [0.29, 0.717) is 12.6 Å². The van der Waals surface area contributed by atoms with Gasteiger partial charge in [-0.15, -0.1) is 0 Å². The number of amides is 1. The van der Waals surface area contributed by atoms with E-state index in [-0.39, 0.29) is 5.91 Å². The number of hydrogen-bond acceptors (Lipinski definition) is 4. The second kappa shape index (κ2) is 7.37. The molecule has 25 heavy (non-hydrogen) atoms. The van der Waals surface area contributed by atoms with Gasteiger partial charge >= 0.3 is 0 Å². The molecular weight excluding hydrogens is 314 g/mol. The van der Waals surface area contributed by atoms with Crippen LogP contribution >= 0.6 is 0 Å². The first-order chi connectivity index (χ1) is 12.3. The molecule has 0 radical (unpaired) electrons. The molecule has 4 rings (SSSR count). The molecule has 0 atom stereocenters. The van der Waals surface area contributed by atoms with E-state index < -0.39 is 0 Å². The van der Waals surface area contributed by atoms with Gasteiger partial charge in [-0.05, 0) is 25.0 Å². The van der Waals surface area contributed by atoms with Gasteiger partial charge in [0.2, 0.25) is 5.91 Å². The number of piperazine rings is 1. The summed E-state index contributed by atoms with van der Waals surface area (Å²) in [6.07, 6.45) is 6.35. The van der Waals surface area contributed by atoms with Gasteiger partial charge in [0.1, 0.15) is 0 Å². The minimum atomic E-state index is 0.181. The van der Waals surface area contributed by atoms with Crippen LogP contribution in [0, 0.1) is 0 Å². The Morgan fingerprint density at radius 2 is 1.80 bits per heavy atom. The van der Waals surface area contributed by atoms with E-state index in [2.05, 4.69) is 38.5 Å². The number of nitrogens with zero attached hydrogens (tertiary/aromatic N) is 4. The quantitative estimate of drug-likeness (QED) is 0.861. The van der Waals surface area contributed by atoms with Crippen LogP contribution in [0.1, 0.15) is 18.4 Å². The standard InChI is InChI=1S/C19H25N5O/c25-19(21-17-6-7-17)15-23-10-8-22(9-11-23)13-16-12-20-24(14-16)18-4-2-1-3-5-18/h1-5,12,14,17H,6-11,13,15H2,(H,21,25). The Bertz CT molecular complexity index is 702. The molecule has 1 aliphatic heterocycles. The summed E-state index contributed by atoms with van der Waals surface area (Å²) in [6, 6.07) is 10.6. The fourth-order valence-corrected chi connectivity index (χ4v) is 3.23. The molecule has 1 N–H and O–H groups in total. The van der Waals surface area contributed by atoms with Crippen molar-refractivity contribution in [2.24, 2.45) is 0 Å². The summed E-state index contributed by atoms with van der Waals surface area (Å²) in [5, 5.41) is 7.53. The molecule has 1 amide bonds. The van der Waals surface area contributed by atoms with E-state index in [1.807, 2.05) is 29.1 Å². The van der Waals surface area contributed by atoms with Crippen LogP contribution in [0.3, 0.4) is 0 Å². The van der Waals surface area contributed by atoms with Gasteiger partial charge in [-0.1, -0.05) is 18.2 Å².